The van der Waals surface area contributed by atoms with Crippen LogP contribution in [0.4, 0.5) is 0 Å². The van der Waals surface area contributed by atoms with Gasteiger partial charge in [-0.05, 0) is 56.2 Å². The number of nitrogens with one attached hydrogen (secondary N) is 1. The molecule has 5 heteroatoms. The molecule has 1 aromatic carbocycles. The molecule has 2 rings (SSSR count). The predicted molar refractivity (Wildman–Crippen MR) is 74.5 cm³/mol. The monoisotopic (exact) mass is 283 g/mol. The minimum absolute atomic E-state index is 0.0104. The van der Waals surface area contributed by atoms with Crippen molar-refractivity contribution >= 4 is 10.0 Å². The first-order valence-electron chi connectivity index (χ1n) is 6.64. The largest absolute Gasteiger partial charge is 0.396 e. The Morgan fingerprint density at radius 3 is 2.63 bits per heavy atom. The molecule has 106 valence electrons. The van der Waals surface area contributed by atoms with Crippen LogP contribution >= 0.6 is 0 Å². The van der Waals surface area contributed by atoms with E-state index in [0.29, 0.717) is 17.2 Å². The van der Waals surface area contributed by atoms with E-state index in [1.807, 2.05) is 19.1 Å². The van der Waals surface area contributed by atoms with Gasteiger partial charge in [-0.25, -0.2) is 13.1 Å². The van der Waals surface area contributed by atoms with Crippen molar-refractivity contribution in [1.82, 2.24) is 4.72 Å². The van der Waals surface area contributed by atoms with Gasteiger partial charge in [0.2, 0.25) is 10.0 Å². The van der Waals surface area contributed by atoms with Crippen molar-refractivity contribution in [2.45, 2.75) is 44.0 Å². The summed E-state index contributed by atoms with van der Waals surface area (Å²) in [4.78, 5) is 0.344. The number of aliphatic hydroxyl groups is 1. The summed E-state index contributed by atoms with van der Waals surface area (Å²) in [5.41, 5.74) is 1.67. The Labute approximate surface area is 114 Å². The third-order valence-electron chi connectivity index (χ3n) is 3.57. The topological polar surface area (TPSA) is 66.4 Å². The smallest absolute Gasteiger partial charge is 0.241 e. The Hall–Kier alpha value is -0.910. The van der Waals surface area contributed by atoms with Gasteiger partial charge in [0, 0.05) is 12.6 Å². The summed E-state index contributed by atoms with van der Waals surface area (Å²) in [6.45, 7) is 3.69. The van der Waals surface area contributed by atoms with Crippen LogP contribution in [0, 0.1) is 19.8 Å². The minimum atomic E-state index is -3.50. The predicted octanol–water partition coefficient (Wildman–Crippen LogP) is 1.74. The van der Waals surface area contributed by atoms with E-state index in [-0.39, 0.29) is 12.6 Å². The van der Waals surface area contributed by atoms with Crippen molar-refractivity contribution in [3.05, 3.63) is 29.3 Å². The van der Waals surface area contributed by atoms with E-state index in [1.165, 1.54) is 0 Å². The highest BCUT2D eigenvalue weighted by Gasteiger charge is 2.34. The van der Waals surface area contributed by atoms with E-state index in [4.69, 9.17) is 5.11 Å². The molecule has 2 N–H and O–H groups in total. The number of aliphatic hydroxyl groups excluding tert-OH is 1. The summed E-state index contributed by atoms with van der Waals surface area (Å²) in [5, 5.41) is 9.04. The fourth-order valence-corrected chi connectivity index (χ4v) is 3.96. The summed E-state index contributed by atoms with van der Waals surface area (Å²) in [6, 6.07) is 5.28. The average Bonchev–Trinajstić information content (AvgIpc) is 3.15. The van der Waals surface area contributed by atoms with Crippen LogP contribution < -0.4 is 4.72 Å². The number of hydrogen-bond acceptors (Lipinski definition) is 3. The molecule has 0 amide bonds. The molecule has 1 unspecified atom stereocenters. The molecular weight excluding hydrogens is 262 g/mol. The van der Waals surface area contributed by atoms with Gasteiger partial charge < -0.3 is 5.11 Å². The fraction of sp³-hybridized carbons (Fsp3) is 0.571. The van der Waals surface area contributed by atoms with E-state index in [1.54, 1.807) is 13.0 Å². The molecule has 1 aliphatic carbocycles. The first-order valence-corrected chi connectivity index (χ1v) is 8.13. The summed E-state index contributed by atoms with van der Waals surface area (Å²) in [5.74, 6) is 0.382. The van der Waals surface area contributed by atoms with Gasteiger partial charge >= 0.3 is 0 Å². The quantitative estimate of drug-likeness (QED) is 0.836. The second-order valence-corrected chi connectivity index (χ2v) is 7.03. The van der Waals surface area contributed by atoms with Gasteiger partial charge in [0.05, 0.1) is 4.90 Å². The molecule has 0 aromatic heterocycles. The van der Waals surface area contributed by atoms with Gasteiger partial charge in [-0.1, -0.05) is 12.1 Å². The van der Waals surface area contributed by atoms with E-state index in [0.717, 1.165) is 24.0 Å². The summed E-state index contributed by atoms with van der Waals surface area (Å²) < 4.78 is 27.6. The lowest BCUT2D eigenvalue weighted by molar-refractivity contribution is 0.265. The van der Waals surface area contributed by atoms with Crippen molar-refractivity contribution < 1.29 is 13.5 Å². The fourth-order valence-electron chi connectivity index (χ4n) is 2.29. The van der Waals surface area contributed by atoms with E-state index >= 15 is 0 Å². The van der Waals surface area contributed by atoms with Gasteiger partial charge in [-0.3, -0.25) is 0 Å². The van der Waals surface area contributed by atoms with Crippen molar-refractivity contribution in [3.8, 4) is 0 Å². The van der Waals surface area contributed by atoms with Gasteiger partial charge in [0.25, 0.3) is 0 Å². The van der Waals surface area contributed by atoms with Gasteiger partial charge in [-0.15, -0.1) is 0 Å². The molecule has 0 radical (unpaired) electrons. The zero-order chi connectivity index (χ0) is 14.0. The molecule has 0 saturated heterocycles. The lowest BCUT2D eigenvalue weighted by atomic mass is 10.1. The van der Waals surface area contributed by atoms with Crippen LogP contribution in [0.3, 0.4) is 0 Å². The molecule has 1 aliphatic rings. The number of aryl methyl sites for hydroxylation is 2. The van der Waals surface area contributed by atoms with Crippen LogP contribution in [0.15, 0.2) is 23.1 Å². The molecule has 1 saturated carbocycles. The Morgan fingerprint density at radius 1 is 1.37 bits per heavy atom. The number of rotatable bonds is 6. The average molecular weight is 283 g/mol. The second kappa shape index (κ2) is 5.61. The van der Waals surface area contributed by atoms with Crippen LogP contribution in [-0.4, -0.2) is 26.2 Å². The maximum Gasteiger partial charge on any atom is 0.241 e. The molecule has 0 aliphatic heterocycles. The third-order valence-corrected chi connectivity index (χ3v) is 5.20. The normalized spacial score (nSPS) is 17.4. The van der Waals surface area contributed by atoms with Gasteiger partial charge in [-0.2, -0.15) is 0 Å². The Morgan fingerprint density at radius 2 is 2.05 bits per heavy atom. The van der Waals surface area contributed by atoms with Crippen molar-refractivity contribution in [2.24, 2.45) is 5.92 Å². The first kappa shape index (κ1) is 14.5. The van der Waals surface area contributed by atoms with E-state index < -0.39 is 10.0 Å². The van der Waals surface area contributed by atoms with Crippen LogP contribution in [0.5, 0.6) is 0 Å². The highest BCUT2D eigenvalue weighted by molar-refractivity contribution is 7.89. The van der Waals surface area contributed by atoms with Crippen LogP contribution in [0.1, 0.15) is 30.4 Å². The molecule has 0 heterocycles. The first-order chi connectivity index (χ1) is 8.94. The third kappa shape index (κ3) is 3.55. The lowest BCUT2D eigenvalue weighted by Gasteiger charge is -2.18. The Kier molecular flexibility index (Phi) is 4.28. The molecule has 1 fully saturated rings. The van der Waals surface area contributed by atoms with Crippen molar-refractivity contribution in [1.29, 1.82) is 0 Å². The van der Waals surface area contributed by atoms with Crippen molar-refractivity contribution in [3.63, 3.8) is 0 Å². The van der Waals surface area contributed by atoms with Crippen molar-refractivity contribution in [2.75, 3.05) is 6.61 Å². The van der Waals surface area contributed by atoms with Gasteiger partial charge in [0.15, 0.2) is 0 Å². The minimum Gasteiger partial charge on any atom is -0.396 e. The van der Waals surface area contributed by atoms with Gasteiger partial charge in [0.1, 0.15) is 0 Å². The molecule has 1 atom stereocenters. The number of benzene rings is 1. The molecule has 1 aromatic rings. The van der Waals surface area contributed by atoms with Crippen LogP contribution in [0.2, 0.25) is 0 Å². The Balaban J connectivity index is 2.23. The maximum absolute atomic E-state index is 12.4. The maximum atomic E-state index is 12.4. The number of sulfonamides is 1. The molecule has 0 spiro atoms. The van der Waals surface area contributed by atoms with E-state index in [2.05, 4.69) is 4.72 Å². The summed E-state index contributed by atoms with van der Waals surface area (Å²) in [7, 11) is -3.50. The highest BCUT2D eigenvalue weighted by atomic mass is 32.2. The molecule has 4 nitrogen and oxygen atoms in total. The van der Waals surface area contributed by atoms with E-state index in [9.17, 15) is 8.42 Å². The molecular formula is C14H21NO3S. The zero-order valence-electron chi connectivity index (χ0n) is 11.4. The lowest BCUT2D eigenvalue weighted by Crippen LogP contribution is -2.37. The summed E-state index contributed by atoms with van der Waals surface area (Å²) >= 11 is 0. The van der Waals surface area contributed by atoms with Crippen LogP contribution in [0.25, 0.3) is 0 Å². The molecule has 0 bridgehead atoms. The standard InChI is InChI=1S/C14H21NO3S/c1-10-3-4-11(2)14(9-10)19(17,18)15-13(7-8-16)12-5-6-12/h3-4,9,12-13,15-16H,5-8H2,1-2H3. The zero-order valence-corrected chi connectivity index (χ0v) is 12.2. The molecule has 19 heavy (non-hydrogen) atoms. The summed E-state index contributed by atoms with van der Waals surface area (Å²) in [6.07, 6.45) is 2.56. The van der Waals surface area contributed by atoms with Crippen LogP contribution in [-0.2, 0) is 10.0 Å². The SMILES string of the molecule is Cc1ccc(C)c(S(=O)(=O)NC(CCO)C2CC2)c1. The second-order valence-electron chi connectivity index (χ2n) is 5.35. The Bertz CT molecular complexity index is 550. The number of hydrogen-bond donors (Lipinski definition) is 2. The highest BCUT2D eigenvalue weighted by Crippen LogP contribution is 2.34.